The highest BCUT2D eigenvalue weighted by Gasteiger charge is 2.18. The summed E-state index contributed by atoms with van der Waals surface area (Å²) >= 11 is 0. The van der Waals surface area contributed by atoms with Gasteiger partial charge >= 0.3 is 0 Å². The lowest BCUT2D eigenvalue weighted by Gasteiger charge is -2.26. The van der Waals surface area contributed by atoms with Gasteiger partial charge in [-0.2, -0.15) is 0 Å². The number of rotatable bonds is 5. The van der Waals surface area contributed by atoms with E-state index < -0.39 is 11.9 Å². The SMILES string of the molecule is CC1CCC(CNCC(N)C(N)=O)CC1. The highest BCUT2D eigenvalue weighted by Crippen LogP contribution is 2.27. The molecule has 0 radical (unpaired) electrons. The van der Waals surface area contributed by atoms with Crippen LogP contribution in [0.4, 0.5) is 0 Å². The average Bonchev–Trinajstić information content (AvgIpc) is 2.20. The van der Waals surface area contributed by atoms with Crippen molar-refractivity contribution in [2.24, 2.45) is 23.3 Å². The summed E-state index contributed by atoms with van der Waals surface area (Å²) in [4.78, 5) is 10.7. The first-order valence-electron chi connectivity index (χ1n) is 5.85. The van der Waals surface area contributed by atoms with Crippen molar-refractivity contribution in [3.63, 3.8) is 0 Å². The molecule has 4 heteroatoms. The minimum Gasteiger partial charge on any atom is -0.368 e. The third-order valence-electron chi connectivity index (χ3n) is 3.30. The summed E-state index contributed by atoms with van der Waals surface area (Å²) in [5, 5.41) is 3.23. The molecule has 0 spiro atoms. The van der Waals surface area contributed by atoms with Crippen LogP contribution in [0.2, 0.25) is 0 Å². The lowest BCUT2D eigenvalue weighted by molar-refractivity contribution is -0.119. The Morgan fingerprint density at radius 2 is 2.00 bits per heavy atom. The molecule has 0 heterocycles. The fraction of sp³-hybridized carbons (Fsp3) is 0.909. The van der Waals surface area contributed by atoms with E-state index in [1.165, 1.54) is 25.7 Å². The molecule has 0 aromatic rings. The highest BCUT2D eigenvalue weighted by atomic mass is 16.1. The quantitative estimate of drug-likeness (QED) is 0.611. The molecule has 1 amide bonds. The molecule has 1 fully saturated rings. The summed E-state index contributed by atoms with van der Waals surface area (Å²) < 4.78 is 0. The van der Waals surface area contributed by atoms with Gasteiger partial charge in [0.05, 0.1) is 6.04 Å². The number of hydrogen-bond donors (Lipinski definition) is 3. The van der Waals surface area contributed by atoms with E-state index in [2.05, 4.69) is 12.2 Å². The smallest absolute Gasteiger partial charge is 0.235 e. The predicted molar refractivity (Wildman–Crippen MR) is 61.2 cm³/mol. The zero-order valence-corrected chi connectivity index (χ0v) is 9.54. The van der Waals surface area contributed by atoms with Gasteiger partial charge in [-0.3, -0.25) is 4.79 Å². The summed E-state index contributed by atoms with van der Waals surface area (Å²) in [6.07, 6.45) is 5.24. The van der Waals surface area contributed by atoms with E-state index >= 15 is 0 Å². The largest absolute Gasteiger partial charge is 0.368 e. The van der Waals surface area contributed by atoms with Crippen molar-refractivity contribution in [3.8, 4) is 0 Å². The Labute approximate surface area is 91.8 Å². The van der Waals surface area contributed by atoms with Crippen LogP contribution in [-0.2, 0) is 4.79 Å². The number of nitrogens with one attached hydrogen (secondary N) is 1. The summed E-state index contributed by atoms with van der Waals surface area (Å²) in [5.41, 5.74) is 10.6. The number of carbonyl (C=O) groups is 1. The molecule has 1 saturated carbocycles. The van der Waals surface area contributed by atoms with E-state index in [9.17, 15) is 4.79 Å². The fourth-order valence-corrected chi connectivity index (χ4v) is 2.08. The molecule has 0 saturated heterocycles. The van der Waals surface area contributed by atoms with E-state index in [0.29, 0.717) is 6.54 Å². The lowest BCUT2D eigenvalue weighted by Crippen LogP contribution is -2.45. The summed E-state index contributed by atoms with van der Waals surface area (Å²) in [7, 11) is 0. The maximum atomic E-state index is 10.7. The summed E-state index contributed by atoms with van der Waals surface area (Å²) in [6.45, 7) is 3.78. The van der Waals surface area contributed by atoms with Gasteiger partial charge in [-0.1, -0.05) is 19.8 Å². The average molecular weight is 213 g/mol. The van der Waals surface area contributed by atoms with Gasteiger partial charge in [-0.25, -0.2) is 0 Å². The standard InChI is InChI=1S/C11H23N3O/c1-8-2-4-9(5-3-8)6-14-7-10(12)11(13)15/h8-10,14H,2-7,12H2,1H3,(H2,13,15). The number of nitrogens with two attached hydrogens (primary N) is 2. The fourth-order valence-electron chi connectivity index (χ4n) is 2.08. The van der Waals surface area contributed by atoms with Crippen LogP contribution < -0.4 is 16.8 Å². The van der Waals surface area contributed by atoms with E-state index in [-0.39, 0.29) is 0 Å². The van der Waals surface area contributed by atoms with Crippen LogP contribution in [0.5, 0.6) is 0 Å². The molecule has 0 aromatic carbocycles. The second-order valence-electron chi connectivity index (χ2n) is 4.79. The second kappa shape index (κ2) is 6.08. The van der Waals surface area contributed by atoms with Crippen LogP contribution in [0.15, 0.2) is 0 Å². The molecule has 1 atom stereocenters. The van der Waals surface area contributed by atoms with Crippen molar-refractivity contribution in [1.29, 1.82) is 0 Å². The topological polar surface area (TPSA) is 81.1 Å². The van der Waals surface area contributed by atoms with Crippen molar-refractivity contribution < 1.29 is 4.79 Å². The third-order valence-corrected chi connectivity index (χ3v) is 3.30. The van der Waals surface area contributed by atoms with Crippen molar-refractivity contribution >= 4 is 5.91 Å². The zero-order valence-electron chi connectivity index (χ0n) is 9.54. The van der Waals surface area contributed by atoms with Gasteiger partial charge < -0.3 is 16.8 Å². The Hall–Kier alpha value is -0.610. The Morgan fingerprint density at radius 1 is 1.40 bits per heavy atom. The summed E-state index contributed by atoms with van der Waals surface area (Å²) in [6, 6.07) is -0.549. The molecule has 0 bridgehead atoms. The van der Waals surface area contributed by atoms with Gasteiger partial charge in [-0.15, -0.1) is 0 Å². The van der Waals surface area contributed by atoms with Crippen molar-refractivity contribution in [2.45, 2.75) is 38.6 Å². The van der Waals surface area contributed by atoms with E-state index in [1.807, 2.05) is 0 Å². The number of amides is 1. The second-order valence-corrected chi connectivity index (χ2v) is 4.79. The predicted octanol–water partition coefficient (Wildman–Crippen LogP) is 0.215. The molecule has 0 aliphatic heterocycles. The van der Waals surface area contributed by atoms with Gasteiger partial charge in [0.2, 0.25) is 5.91 Å². The number of primary amides is 1. The van der Waals surface area contributed by atoms with E-state index in [4.69, 9.17) is 11.5 Å². The first-order valence-corrected chi connectivity index (χ1v) is 5.85. The molecule has 1 rings (SSSR count). The van der Waals surface area contributed by atoms with Crippen LogP contribution in [0.25, 0.3) is 0 Å². The molecule has 4 nitrogen and oxygen atoms in total. The maximum Gasteiger partial charge on any atom is 0.235 e. The number of carbonyl (C=O) groups excluding carboxylic acids is 1. The van der Waals surface area contributed by atoms with Crippen LogP contribution in [0.1, 0.15) is 32.6 Å². The van der Waals surface area contributed by atoms with Crippen molar-refractivity contribution in [3.05, 3.63) is 0 Å². The Balaban J connectivity index is 2.07. The highest BCUT2D eigenvalue weighted by molar-refractivity contribution is 5.79. The van der Waals surface area contributed by atoms with Crippen molar-refractivity contribution in [1.82, 2.24) is 5.32 Å². The van der Waals surface area contributed by atoms with E-state index in [0.717, 1.165) is 18.4 Å². The van der Waals surface area contributed by atoms with E-state index in [1.54, 1.807) is 0 Å². The zero-order chi connectivity index (χ0) is 11.3. The normalized spacial score (nSPS) is 28.7. The maximum absolute atomic E-state index is 10.7. The molecule has 15 heavy (non-hydrogen) atoms. The Kier molecular flexibility index (Phi) is 5.05. The molecule has 1 aliphatic rings. The first-order chi connectivity index (χ1) is 7.09. The Morgan fingerprint density at radius 3 is 2.53 bits per heavy atom. The van der Waals surface area contributed by atoms with Gasteiger partial charge in [0.1, 0.15) is 0 Å². The molecule has 1 aliphatic carbocycles. The lowest BCUT2D eigenvalue weighted by atomic mass is 9.83. The minimum atomic E-state index is -0.549. The number of hydrogen-bond acceptors (Lipinski definition) is 3. The Bertz CT molecular complexity index is 200. The minimum absolute atomic E-state index is 0.431. The van der Waals surface area contributed by atoms with Gasteiger partial charge in [0, 0.05) is 6.54 Å². The van der Waals surface area contributed by atoms with Crippen molar-refractivity contribution in [2.75, 3.05) is 13.1 Å². The van der Waals surface area contributed by atoms with Gasteiger partial charge in [0.25, 0.3) is 0 Å². The molecular weight excluding hydrogens is 190 g/mol. The molecular formula is C11H23N3O. The monoisotopic (exact) mass is 213 g/mol. The molecule has 5 N–H and O–H groups in total. The van der Waals surface area contributed by atoms with Crippen LogP contribution in [-0.4, -0.2) is 25.0 Å². The third kappa shape index (κ3) is 4.62. The molecule has 88 valence electrons. The molecule has 1 unspecified atom stereocenters. The van der Waals surface area contributed by atoms with Gasteiger partial charge in [0.15, 0.2) is 0 Å². The van der Waals surface area contributed by atoms with Crippen LogP contribution in [0.3, 0.4) is 0 Å². The molecule has 0 aromatic heterocycles. The first kappa shape index (κ1) is 12.5. The van der Waals surface area contributed by atoms with Crippen LogP contribution >= 0.6 is 0 Å². The van der Waals surface area contributed by atoms with Crippen LogP contribution in [0, 0.1) is 11.8 Å². The van der Waals surface area contributed by atoms with Gasteiger partial charge in [-0.05, 0) is 31.2 Å². The summed E-state index contributed by atoms with van der Waals surface area (Å²) in [5.74, 6) is 1.20.